The number of nitrogens with one attached hydrogen (secondary N) is 1. The van der Waals surface area contributed by atoms with Crippen LogP contribution in [0.4, 0.5) is 12.9 Å². The van der Waals surface area contributed by atoms with Gasteiger partial charge in [-0.1, -0.05) is 18.2 Å². The highest BCUT2D eigenvalue weighted by Crippen LogP contribution is 2.16. The average molecular weight is 200 g/mol. The highest BCUT2D eigenvalue weighted by Gasteiger charge is 2.26. The van der Waals surface area contributed by atoms with Crippen molar-refractivity contribution in [2.24, 2.45) is 0 Å². The Kier molecular flexibility index (Phi) is 2.27. The molecule has 0 aliphatic carbocycles. The molecule has 0 saturated heterocycles. The predicted molar refractivity (Wildman–Crippen MR) is 50.6 cm³/mol. The molecule has 0 spiro atoms. The van der Waals surface area contributed by atoms with Crippen molar-refractivity contribution in [2.75, 3.05) is 6.54 Å². The molecule has 1 aliphatic rings. The molecule has 1 aromatic rings. The standard InChI is InChI=1S/C9H10BF3N/c11-10(12,13)9-2-1-7-3-4-14-6-8(7)5-9/h1-2,5,14H,3-4,6H2/q-1. The van der Waals surface area contributed by atoms with Crippen LogP contribution in [-0.4, -0.2) is 13.5 Å². The summed E-state index contributed by atoms with van der Waals surface area (Å²) in [6.07, 6.45) is 0.820. The zero-order valence-electron chi connectivity index (χ0n) is 7.56. The van der Waals surface area contributed by atoms with Gasteiger partial charge in [-0.25, -0.2) is 0 Å². The second-order valence-electron chi connectivity index (χ2n) is 3.53. The Hall–Kier alpha value is -0.965. The van der Waals surface area contributed by atoms with E-state index < -0.39 is 12.4 Å². The monoisotopic (exact) mass is 200 g/mol. The summed E-state index contributed by atoms with van der Waals surface area (Å²) in [6.45, 7) is -3.45. The molecule has 0 atom stereocenters. The third-order valence-corrected chi connectivity index (χ3v) is 2.49. The summed E-state index contributed by atoms with van der Waals surface area (Å²) < 4.78 is 37.2. The minimum absolute atomic E-state index is 0.493. The number of fused-ring (bicyclic) bond motifs is 1. The molecule has 0 bridgehead atoms. The first kappa shape index (κ1) is 9.58. The van der Waals surface area contributed by atoms with Crippen LogP contribution in [0.5, 0.6) is 0 Å². The summed E-state index contributed by atoms with van der Waals surface area (Å²) in [5.74, 6) is 0. The topological polar surface area (TPSA) is 12.0 Å². The zero-order valence-corrected chi connectivity index (χ0v) is 7.56. The van der Waals surface area contributed by atoms with Crippen molar-refractivity contribution in [2.45, 2.75) is 13.0 Å². The molecule has 0 amide bonds. The first-order valence-corrected chi connectivity index (χ1v) is 4.60. The van der Waals surface area contributed by atoms with Crippen molar-refractivity contribution < 1.29 is 12.9 Å². The van der Waals surface area contributed by atoms with Gasteiger partial charge in [0.15, 0.2) is 0 Å². The van der Waals surface area contributed by atoms with Crippen LogP contribution in [0.1, 0.15) is 11.1 Å². The Morgan fingerprint density at radius 1 is 1.14 bits per heavy atom. The molecule has 14 heavy (non-hydrogen) atoms. The predicted octanol–water partition coefficient (Wildman–Crippen LogP) is 1.39. The SMILES string of the molecule is F[B-](F)(F)c1ccc2c(c1)CNCC2. The van der Waals surface area contributed by atoms with Crippen LogP contribution in [0.2, 0.25) is 0 Å². The Balaban J connectivity index is 2.39. The summed E-state index contributed by atoms with van der Waals surface area (Å²) >= 11 is 0. The minimum atomic E-state index is -4.86. The van der Waals surface area contributed by atoms with Crippen LogP contribution < -0.4 is 10.8 Å². The Morgan fingerprint density at radius 2 is 1.93 bits per heavy atom. The van der Waals surface area contributed by atoms with E-state index in [1.807, 2.05) is 0 Å². The van der Waals surface area contributed by atoms with Crippen molar-refractivity contribution >= 4 is 12.4 Å². The van der Waals surface area contributed by atoms with Crippen LogP contribution in [0.3, 0.4) is 0 Å². The third kappa shape index (κ3) is 1.77. The molecule has 1 heterocycles. The first-order valence-electron chi connectivity index (χ1n) is 4.60. The normalized spacial score (nSPS) is 16.5. The van der Waals surface area contributed by atoms with E-state index >= 15 is 0 Å². The minimum Gasteiger partial charge on any atom is -0.445 e. The quantitative estimate of drug-likeness (QED) is 0.675. The van der Waals surface area contributed by atoms with E-state index in [0.717, 1.165) is 24.1 Å². The van der Waals surface area contributed by atoms with Crippen molar-refractivity contribution in [3.8, 4) is 0 Å². The van der Waals surface area contributed by atoms with Crippen molar-refractivity contribution in [3.05, 3.63) is 29.3 Å². The summed E-state index contributed by atoms with van der Waals surface area (Å²) in [7, 11) is 0. The van der Waals surface area contributed by atoms with Crippen LogP contribution in [-0.2, 0) is 13.0 Å². The van der Waals surface area contributed by atoms with Crippen LogP contribution in [0.25, 0.3) is 0 Å². The molecule has 76 valence electrons. The molecule has 0 aromatic heterocycles. The Morgan fingerprint density at radius 3 is 2.64 bits per heavy atom. The van der Waals surface area contributed by atoms with Gasteiger partial charge in [0.1, 0.15) is 0 Å². The lowest BCUT2D eigenvalue weighted by molar-refractivity contribution is 0.500. The molecule has 1 nitrogen and oxygen atoms in total. The Labute approximate surface area is 80.4 Å². The Bertz CT molecular complexity index is 348. The highest BCUT2D eigenvalue weighted by atomic mass is 19.4. The van der Waals surface area contributed by atoms with Crippen molar-refractivity contribution in [1.29, 1.82) is 0 Å². The van der Waals surface area contributed by atoms with Crippen LogP contribution in [0, 0.1) is 0 Å². The molecule has 1 aliphatic heterocycles. The molecule has 5 heteroatoms. The molecule has 0 saturated carbocycles. The van der Waals surface area contributed by atoms with E-state index in [1.54, 1.807) is 6.07 Å². The van der Waals surface area contributed by atoms with Crippen LogP contribution >= 0.6 is 0 Å². The van der Waals surface area contributed by atoms with Gasteiger partial charge >= 0.3 is 6.98 Å². The number of hydrogen-bond acceptors (Lipinski definition) is 1. The first-order chi connectivity index (χ1) is 6.57. The fourth-order valence-corrected chi connectivity index (χ4v) is 1.70. The third-order valence-electron chi connectivity index (χ3n) is 2.49. The number of benzene rings is 1. The van der Waals surface area contributed by atoms with Gasteiger partial charge in [-0.15, -0.1) is 5.46 Å². The molecule has 2 rings (SSSR count). The second-order valence-corrected chi connectivity index (χ2v) is 3.53. The summed E-state index contributed by atoms with van der Waals surface area (Å²) in [5.41, 5.74) is 1.33. The average Bonchev–Trinajstić information content (AvgIpc) is 2.16. The van der Waals surface area contributed by atoms with Gasteiger partial charge in [0.25, 0.3) is 0 Å². The molecule has 0 fully saturated rings. The smallest absolute Gasteiger partial charge is 0.445 e. The maximum Gasteiger partial charge on any atom is 0.509 e. The second kappa shape index (κ2) is 3.31. The lowest BCUT2D eigenvalue weighted by Gasteiger charge is -2.21. The molecular weight excluding hydrogens is 190 g/mol. The largest absolute Gasteiger partial charge is 0.509 e. The van der Waals surface area contributed by atoms with E-state index in [9.17, 15) is 12.9 Å². The molecule has 0 unspecified atom stereocenters. The number of halogens is 3. The fraction of sp³-hybridized carbons (Fsp3) is 0.333. The summed E-state index contributed by atoms with van der Waals surface area (Å²) in [6, 6.07) is 4.05. The van der Waals surface area contributed by atoms with E-state index in [0.29, 0.717) is 6.54 Å². The maximum atomic E-state index is 12.4. The van der Waals surface area contributed by atoms with E-state index in [-0.39, 0.29) is 0 Å². The fourth-order valence-electron chi connectivity index (χ4n) is 1.70. The highest BCUT2D eigenvalue weighted by molar-refractivity contribution is 6.73. The van der Waals surface area contributed by atoms with E-state index in [2.05, 4.69) is 5.32 Å². The maximum absolute atomic E-state index is 12.4. The number of rotatable bonds is 1. The van der Waals surface area contributed by atoms with Crippen molar-refractivity contribution in [3.63, 3.8) is 0 Å². The van der Waals surface area contributed by atoms with Gasteiger partial charge in [-0.3, -0.25) is 0 Å². The van der Waals surface area contributed by atoms with Gasteiger partial charge < -0.3 is 18.3 Å². The van der Waals surface area contributed by atoms with Crippen molar-refractivity contribution in [1.82, 2.24) is 5.32 Å². The van der Waals surface area contributed by atoms with Crippen LogP contribution in [0.15, 0.2) is 18.2 Å². The van der Waals surface area contributed by atoms with Gasteiger partial charge in [-0.05, 0) is 24.1 Å². The number of hydrogen-bond donors (Lipinski definition) is 1. The van der Waals surface area contributed by atoms with Gasteiger partial charge in [0.2, 0.25) is 0 Å². The summed E-state index contributed by atoms with van der Waals surface area (Å²) in [5, 5.41) is 3.06. The lowest BCUT2D eigenvalue weighted by atomic mass is 9.78. The van der Waals surface area contributed by atoms with E-state index in [4.69, 9.17) is 0 Å². The van der Waals surface area contributed by atoms with Gasteiger partial charge in [0.05, 0.1) is 0 Å². The van der Waals surface area contributed by atoms with E-state index in [1.165, 1.54) is 12.1 Å². The molecule has 0 radical (unpaired) electrons. The molecular formula is C9H10BF3N-. The van der Waals surface area contributed by atoms with Gasteiger partial charge in [0, 0.05) is 6.54 Å². The lowest BCUT2D eigenvalue weighted by Crippen LogP contribution is -2.35. The zero-order chi connectivity index (χ0) is 10.2. The molecule has 1 N–H and O–H groups in total. The summed E-state index contributed by atoms with van der Waals surface area (Å²) in [4.78, 5) is 0. The molecule has 1 aromatic carbocycles. The van der Waals surface area contributed by atoms with Gasteiger partial charge in [-0.2, -0.15) is 0 Å².